The van der Waals surface area contributed by atoms with Crippen LogP contribution in [0.2, 0.25) is 0 Å². The molecule has 3 nitrogen and oxygen atoms in total. The third-order valence-corrected chi connectivity index (χ3v) is 4.38. The number of halogens is 1. The Morgan fingerprint density at radius 1 is 0.957 bits per heavy atom. The Morgan fingerprint density at radius 3 is 2.26 bits per heavy atom. The van der Waals surface area contributed by atoms with Crippen molar-refractivity contribution in [2.75, 3.05) is 31.1 Å². The van der Waals surface area contributed by atoms with Crippen LogP contribution >= 0.6 is 0 Å². The molecular formula is C19H21FN2O. The number of hydrogen-bond donors (Lipinski definition) is 0. The smallest absolute Gasteiger partial charge is 0.254 e. The Labute approximate surface area is 136 Å². The molecule has 1 saturated heterocycles. The lowest BCUT2D eigenvalue weighted by atomic mass is 10.0. The Morgan fingerprint density at radius 2 is 1.61 bits per heavy atom. The van der Waals surface area contributed by atoms with E-state index < -0.39 is 0 Å². The van der Waals surface area contributed by atoms with Gasteiger partial charge < -0.3 is 9.80 Å². The van der Waals surface area contributed by atoms with Crippen LogP contribution in [0.4, 0.5) is 10.1 Å². The molecular weight excluding hydrogens is 291 g/mol. The summed E-state index contributed by atoms with van der Waals surface area (Å²) in [5, 5.41) is 0. The largest absolute Gasteiger partial charge is 0.368 e. The number of carbonyl (C=O) groups excluding carboxylic acids is 1. The summed E-state index contributed by atoms with van der Waals surface area (Å²) >= 11 is 0. The van der Waals surface area contributed by atoms with Crippen molar-refractivity contribution in [1.82, 2.24) is 4.90 Å². The summed E-state index contributed by atoms with van der Waals surface area (Å²) in [4.78, 5) is 16.8. The molecule has 120 valence electrons. The van der Waals surface area contributed by atoms with Crippen molar-refractivity contribution in [3.63, 3.8) is 0 Å². The van der Waals surface area contributed by atoms with Crippen LogP contribution in [0.15, 0.2) is 42.5 Å². The monoisotopic (exact) mass is 312 g/mol. The van der Waals surface area contributed by atoms with E-state index in [1.54, 1.807) is 12.1 Å². The first kappa shape index (κ1) is 15.5. The highest BCUT2D eigenvalue weighted by Crippen LogP contribution is 2.19. The zero-order valence-corrected chi connectivity index (χ0v) is 13.6. The van der Waals surface area contributed by atoms with Gasteiger partial charge in [-0.1, -0.05) is 17.7 Å². The van der Waals surface area contributed by atoms with Gasteiger partial charge in [0.2, 0.25) is 0 Å². The predicted octanol–water partition coefficient (Wildman–Crippen LogP) is 3.40. The number of rotatable bonds is 2. The zero-order valence-electron chi connectivity index (χ0n) is 13.6. The quantitative estimate of drug-likeness (QED) is 0.848. The third-order valence-electron chi connectivity index (χ3n) is 4.38. The molecule has 0 aliphatic carbocycles. The second-order valence-electron chi connectivity index (χ2n) is 6.07. The maximum Gasteiger partial charge on any atom is 0.254 e. The molecule has 1 aliphatic rings. The van der Waals surface area contributed by atoms with Crippen LogP contribution < -0.4 is 4.90 Å². The highest BCUT2D eigenvalue weighted by molar-refractivity contribution is 5.96. The molecule has 1 aliphatic heterocycles. The van der Waals surface area contributed by atoms with Gasteiger partial charge in [-0.05, 0) is 49.7 Å². The van der Waals surface area contributed by atoms with Crippen LogP contribution in [0.25, 0.3) is 0 Å². The van der Waals surface area contributed by atoms with E-state index >= 15 is 0 Å². The second-order valence-corrected chi connectivity index (χ2v) is 6.07. The van der Waals surface area contributed by atoms with E-state index in [9.17, 15) is 9.18 Å². The van der Waals surface area contributed by atoms with E-state index in [0.29, 0.717) is 13.1 Å². The number of hydrogen-bond acceptors (Lipinski definition) is 2. The van der Waals surface area contributed by atoms with Gasteiger partial charge in [0.25, 0.3) is 5.91 Å². The van der Waals surface area contributed by atoms with Crippen molar-refractivity contribution in [3.8, 4) is 0 Å². The van der Waals surface area contributed by atoms with Crippen LogP contribution in [0.1, 0.15) is 21.5 Å². The molecule has 4 heteroatoms. The number of nitrogens with zero attached hydrogens (tertiary/aromatic N) is 2. The normalized spacial score (nSPS) is 14.9. The van der Waals surface area contributed by atoms with Crippen molar-refractivity contribution in [2.24, 2.45) is 0 Å². The van der Waals surface area contributed by atoms with E-state index in [1.165, 1.54) is 12.1 Å². The van der Waals surface area contributed by atoms with E-state index in [2.05, 4.69) is 4.90 Å². The second kappa shape index (κ2) is 6.41. The Kier molecular flexibility index (Phi) is 4.33. The molecule has 2 aromatic rings. The summed E-state index contributed by atoms with van der Waals surface area (Å²) < 4.78 is 13.0. The number of piperazine rings is 1. The van der Waals surface area contributed by atoms with Crippen molar-refractivity contribution in [2.45, 2.75) is 13.8 Å². The summed E-state index contributed by atoms with van der Waals surface area (Å²) in [6, 6.07) is 12.5. The molecule has 0 spiro atoms. The summed E-state index contributed by atoms with van der Waals surface area (Å²) in [6.45, 7) is 6.88. The van der Waals surface area contributed by atoms with Crippen LogP contribution in [0, 0.1) is 19.7 Å². The highest BCUT2D eigenvalue weighted by atomic mass is 19.1. The van der Waals surface area contributed by atoms with Crippen LogP contribution in [-0.4, -0.2) is 37.0 Å². The predicted molar refractivity (Wildman–Crippen MR) is 90.4 cm³/mol. The van der Waals surface area contributed by atoms with Crippen LogP contribution in [0.5, 0.6) is 0 Å². The summed E-state index contributed by atoms with van der Waals surface area (Å²) in [6.07, 6.45) is 0. The maximum atomic E-state index is 13.0. The molecule has 0 N–H and O–H groups in total. The van der Waals surface area contributed by atoms with Gasteiger partial charge in [-0.15, -0.1) is 0 Å². The molecule has 2 aromatic carbocycles. The maximum absolute atomic E-state index is 13.0. The minimum absolute atomic E-state index is 0.102. The number of benzene rings is 2. The Balaban J connectivity index is 1.67. The van der Waals surface area contributed by atoms with Crippen LogP contribution in [-0.2, 0) is 0 Å². The van der Waals surface area contributed by atoms with Crippen molar-refractivity contribution in [1.29, 1.82) is 0 Å². The average Bonchev–Trinajstić information content (AvgIpc) is 2.57. The van der Waals surface area contributed by atoms with Gasteiger partial charge in [0.15, 0.2) is 0 Å². The molecule has 23 heavy (non-hydrogen) atoms. The SMILES string of the molecule is Cc1ccc(C)c(C(=O)N2CCN(c3ccc(F)cc3)CC2)c1. The van der Waals surface area contributed by atoms with E-state index in [0.717, 1.165) is 35.5 Å². The first-order valence-corrected chi connectivity index (χ1v) is 7.91. The van der Waals surface area contributed by atoms with Gasteiger partial charge in [0.05, 0.1) is 0 Å². The van der Waals surface area contributed by atoms with E-state index in [4.69, 9.17) is 0 Å². The lowest BCUT2D eigenvalue weighted by Crippen LogP contribution is -2.49. The lowest BCUT2D eigenvalue weighted by molar-refractivity contribution is 0.0746. The van der Waals surface area contributed by atoms with Gasteiger partial charge in [-0.2, -0.15) is 0 Å². The molecule has 0 saturated carbocycles. The third kappa shape index (κ3) is 3.36. The molecule has 1 amide bonds. The topological polar surface area (TPSA) is 23.6 Å². The molecule has 0 aromatic heterocycles. The first-order valence-electron chi connectivity index (χ1n) is 7.91. The minimum Gasteiger partial charge on any atom is -0.368 e. The summed E-state index contributed by atoms with van der Waals surface area (Å²) in [7, 11) is 0. The number of aryl methyl sites for hydroxylation is 2. The highest BCUT2D eigenvalue weighted by Gasteiger charge is 2.23. The van der Waals surface area contributed by atoms with Crippen molar-refractivity contribution < 1.29 is 9.18 Å². The molecule has 3 rings (SSSR count). The molecule has 1 heterocycles. The average molecular weight is 312 g/mol. The van der Waals surface area contributed by atoms with E-state index in [1.807, 2.05) is 36.9 Å². The number of carbonyl (C=O) groups is 1. The fraction of sp³-hybridized carbons (Fsp3) is 0.316. The summed E-state index contributed by atoms with van der Waals surface area (Å²) in [5.41, 5.74) is 3.91. The molecule has 1 fully saturated rings. The van der Waals surface area contributed by atoms with Crippen molar-refractivity contribution in [3.05, 3.63) is 65.0 Å². The fourth-order valence-corrected chi connectivity index (χ4v) is 2.96. The number of amides is 1. The number of anilines is 1. The fourth-order valence-electron chi connectivity index (χ4n) is 2.96. The van der Waals surface area contributed by atoms with Gasteiger partial charge >= 0.3 is 0 Å². The van der Waals surface area contributed by atoms with Gasteiger partial charge in [-0.25, -0.2) is 4.39 Å². The molecule has 0 radical (unpaired) electrons. The van der Waals surface area contributed by atoms with Gasteiger partial charge in [0, 0.05) is 37.4 Å². The first-order chi connectivity index (χ1) is 11.0. The minimum atomic E-state index is -0.225. The molecule has 0 bridgehead atoms. The van der Waals surface area contributed by atoms with Crippen LogP contribution in [0.3, 0.4) is 0 Å². The zero-order chi connectivity index (χ0) is 16.4. The Bertz CT molecular complexity index is 704. The Hall–Kier alpha value is -2.36. The lowest BCUT2D eigenvalue weighted by Gasteiger charge is -2.36. The molecule has 0 atom stereocenters. The molecule has 0 unspecified atom stereocenters. The standard InChI is InChI=1S/C19H21FN2O/c1-14-3-4-15(2)18(13-14)19(23)22-11-9-21(10-12-22)17-7-5-16(20)6-8-17/h3-8,13H,9-12H2,1-2H3. The summed E-state index contributed by atoms with van der Waals surface area (Å²) in [5.74, 6) is -0.123. The van der Waals surface area contributed by atoms with E-state index in [-0.39, 0.29) is 11.7 Å². The van der Waals surface area contributed by atoms with Gasteiger partial charge in [0.1, 0.15) is 5.82 Å². The van der Waals surface area contributed by atoms with Crippen molar-refractivity contribution >= 4 is 11.6 Å². The van der Waals surface area contributed by atoms with Gasteiger partial charge in [-0.3, -0.25) is 4.79 Å².